The van der Waals surface area contributed by atoms with Gasteiger partial charge in [-0.15, -0.1) is 0 Å². The fourth-order valence-electron chi connectivity index (χ4n) is 3.42. The van der Waals surface area contributed by atoms with E-state index < -0.39 is 11.5 Å². The van der Waals surface area contributed by atoms with Gasteiger partial charge in [0.25, 0.3) is 5.91 Å². The second-order valence-electron chi connectivity index (χ2n) is 6.31. The highest BCUT2D eigenvalue weighted by Gasteiger charge is 2.50. The number of hydrogen-bond donors (Lipinski definition) is 3. The Morgan fingerprint density at radius 2 is 1.96 bits per heavy atom. The zero-order valence-corrected chi connectivity index (χ0v) is 16.2. The second-order valence-corrected chi connectivity index (χ2v) is 7.23. The van der Waals surface area contributed by atoms with Gasteiger partial charge in [-0.3, -0.25) is 4.79 Å². The third-order valence-electron chi connectivity index (χ3n) is 4.72. The van der Waals surface area contributed by atoms with E-state index in [0.29, 0.717) is 28.4 Å². The number of aryl methyl sites for hydroxylation is 1. The van der Waals surface area contributed by atoms with Crippen LogP contribution in [0.4, 0.5) is 11.5 Å². The van der Waals surface area contributed by atoms with Crippen molar-refractivity contribution in [3.8, 4) is 11.4 Å². The van der Waals surface area contributed by atoms with E-state index in [0.717, 1.165) is 4.47 Å². The molecule has 0 unspecified atom stereocenters. The molecule has 1 atom stereocenters. The molecule has 27 heavy (non-hydrogen) atoms. The van der Waals surface area contributed by atoms with Crippen LogP contribution in [0.2, 0.25) is 0 Å². The van der Waals surface area contributed by atoms with Crippen molar-refractivity contribution in [1.29, 1.82) is 0 Å². The first-order chi connectivity index (χ1) is 12.9. The van der Waals surface area contributed by atoms with Crippen LogP contribution in [0.25, 0.3) is 5.69 Å². The number of aromatic nitrogens is 2. The highest BCUT2D eigenvalue weighted by atomic mass is 79.9. The van der Waals surface area contributed by atoms with Crippen molar-refractivity contribution in [2.45, 2.75) is 12.5 Å². The SMILES string of the molecule is COc1ccc(-n2nc(C)c([C@]3(O)C(=O)Nc4ccc(Br)cc43)c2N)cc1. The molecule has 8 heteroatoms. The maximum Gasteiger partial charge on any atom is 0.266 e. The average molecular weight is 429 g/mol. The summed E-state index contributed by atoms with van der Waals surface area (Å²) in [6.07, 6.45) is 0. The molecule has 2 aromatic carbocycles. The highest BCUT2D eigenvalue weighted by molar-refractivity contribution is 9.10. The largest absolute Gasteiger partial charge is 0.497 e. The summed E-state index contributed by atoms with van der Waals surface area (Å²) in [4.78, 5) is 12.7. The van der Waals surface area contributed by atoms with E-state index in [2.05, 4.69) is 26.3 Å². The summed E-state index contributed by atoms with van der Waals surface area (Å²) in [6.45, 7) is 1.72. The van der Waals surface area contributed by atoms with Crippen LogP contribution in [0, 0.1) is 6.92 Å². The van der Waals surface area contributed by atoms with E-state index in [9.17, 15) is 9.90 Å². The first-order valence-corrected chi connectivity index (χ1v) is 8.99. The number of fused-ring (bicyclic) bond motifs is 1. The van der Waals surface area contributed by atoms with Gasteiger partial charge in [-0.2, -0.15) is 5.10 Å². The van der Waals surface area contributed by atoms with Crippen LogP contribution >= 0.6 is 15.9 Å². The summed E-state index contributed by atoms with van der Waals surface area (Å²) >= 11 is 3.39. The molecule has 0 saturated carbocycles. The number of anilines is 2. The summed E-state index contributed by atoms with van der Waals surface area (Å²) in [5.41, 5.74) is 6.84. The molecule has 0 saturated heterocycles. The Bertz CT molecular complexity index is 1060. The van der Waals surface area contributed by atoms with Crippen LogP contribution in [-0.2, 0) is 10.4 Å². The number of nitrogens with zero attached hydrogens (tertiary/aromatic N) is 2. The third kappa shape index (κ3) is 2.52. The van der Waals surface area contributed by atoms with Gasteiger partial charge in [0, 0.05) is 15.7 Å². The van der Waals surface area contributed by atoms with Crippen LogP contribution in [0.15, 0.2) is 46.9 Å². The van der Waals surface area contributed by atoms with Crippen molar-refractivity contribution >= 4 is 33.3 Å². The standard InChI is InChI=1S/C19H17BrN4O3/c1-10-16(17(21)24(23-10)12-4-6-13(27-2)7-5-12)19(26)14-9-11(20)3-8-15(14)22-18(19)25/h3-9,26H,21H2,1-2H3,(H,22,25)/t19-/m0/s1. The van der Waals surface area contributed by atoms with E-state index in [4.69, 9.17) is 10.5 Å². The van der Waals surface area contributed by atoms with E-state index in [-0.39, 0.29) is 11.4 Å². The molecule has 138 valence electrons. The molecule has 3 aromatic rings. The minimum absolute atomic E-state index is 0.197. The molecule has 7 nitrogen and oxygen atoms in total. The number of benzene rings is 2. The van der Waals surface area contributed by atoms with Crippen LogP contribution in [-0.4, -0.2) is 27.9 Å². The van der Waals surface area contributed by atoms with Crippen LogP contribution < -0.4 is 15.8 Å². The fourth-order valence-corrected chi connectivity index (χ4v) is 3.78. The number of nitrogens with one attached hydrogen (secondary N) is 1. The molecule has 0 fully saturated rings. The Hall–Kier alpha value is -2.84. The van der Waals surface area contributed by atoms with Gasteiger partial charge in [-0.25, -0.2) is 4.68 Å². The topological polar surface area (TPSA) is 102 Å². The van der Waals surface area contributed by atoms with Gasteiger partial charge in [0.1, 0.15) is 11.6 Å². The molecule has 1 aromatic heterocycles. The predicted octanol–water partition coefficient (Wildman–Crippen LogP) is 2.72. The zero-order valence-electron chi connectivity index (χ0n) is 14.7. The molecule has 0 aliphatic carbocycles. The maximum atomic E-state index is 12.7. The Labute approximate surface area is 163 Å². The van der Waals surface area contributed by atoms with Crippen molar-refractivity contribution in [1.82, 2.24) is 9.78 Å². The first-order valence-electron chi connectivity index (χ1n) is 8.20. The summed E-state index contributed by atoms with van der Waals surface area (Å²) in [5, 5.41) is 18.6. The first kappa shape index (κ1) is 17.6. The highest BCUT2D eigenvalue weighted by Crippen LogP contribution is 2.45. The molecule has 0 spiro atoms. The molecular formula is C19H17BrN4O3. The van der Waals surface area contributed by atoms with Crippen LogP contribution in [0.1, 0.15) is 16.8 Å². The van der Waals surface area contributed by atoms with Gasteiger partial charge in [-0.05, 0) is 49.4 Å². The minimum Gasteiger partial charge on any atom is -0.497 e. The van der Waals surface area contributed by atoms with Crippen LogP contribution in [0.3, 0.4) is 0 Å². The molecule has 1 aliphatic heterocycles. The van der Waals surface area contributed by atoms with Crippen molar-refractivity contribution in [3.63, 3.8) is 0 Å². The summed E-state index contributed by atoms with van der Waals surface area (Å²) in [5.74, 6) is 0.344. The predicted molar refractivity (Wildman–Crippen MR) is 105 cm³/mol. The number of aliphatic hydroxyl groups is 1. The molecule has 4 N–H and O–H groups in total. The number of hydrogen-bond acceptors (Lipinski definition) is 5. The zero-order chi connectivity index (χ0) is 19.3. The molecule has 1 aliphatic rings. The Kier molecular flexibility index (Phi) is 3.97. The number of amides is 1. The normalized spacial score (nSPS) is 18.3. The number of carbonyl (C=O) groups excluding carboxylic acids is 1. The number of ether oxygens (including phenoxy) is 1. The van der Waals surface area contributed by atoms with Crippen molar-refractivity contribution in [2.24, 2.45) is 0 Å². The van der Waals surface area contributed by atoms with Gasteiger partial charge >= 0.3 is 0 Å². The number of nitrogen functional groups attached to an aromatic ring is 1. The number of nitrogens with two attached hydrogens (primary N) is 1. The lowest BCUT2D eigenvalue weighted by Crippen LogP contribution is -2.36. The molecule has 0 bridgehead atoms. The Morgan fingerprint density at radius 3 is 2.63 bits per heavy atom. The molecular weight excluding hydrogens is 412 g/mol. The lowest BCUT2D eigenvalue weighted by Gasteiger charge is -2.21. The van der Waals surface area contributed by atoms with E-state index in [1.54, 1.807) is 56.5 Å². The lowest BCUT2D eigenvalue weighted by molar-refractivity contribution is -0.129. The number of methoxy groups -OCH3 is 1. The van der Waals surface area contributed by atoms with Crippen molar-refractivity contribution in [2.75, 3.05) is 18.2 Å². The van der Waals surface area contributed by atoms with Gasteiger partial charge in [0.2, 0.25) is 5.60 Å². The number of carbonyl (C=O) groups is 1. The molecule has 0 radical (unpaired) electrons. The quantitative estimate of drug-likeness (QED) is 0.594. The summed E-state index contributed by atoms with van der Waals surface area (Å²) < 4.78 is 7.42. The summed E-state index contributed by atoms with van der Waals surface area (Å²) in [6, 6.07) is 12.4. The van der Waals surface area contributed by atoms with Crippen molar-refractivity contribution in [3.05, 3.63) is 63.8 Å². The maximum absolute atomic E-state index is 12.7. The summed E-state index contributed by atoms with van der Waals surface area (Å²) in [7, 11) is 1.59. The lowest BCUT2D eigenvalue weighted by atomic mass is 9.87. The smallest absolute Gasteiger partial charge is 0.266 e. The van der Waals surface area contributed by atoms with Gasteiger partial charge in [0.05, 0.1) is 24.1 Å². The Morgan fingerprint density at radius 1 is 1.26 bits per heavy atom. The van der Waals surface area contributed by atoms with E-state index in [1.807, 2.05) is 0 Å². The Balaban J connectivity index is 1.89. The van der Waals surface area contributed by atoms with Crippen LogP contribution in [0.5, 0.6) is 5.75 Å². The van der Waals surface area contributed by atoms with Gasteiger partial charge in [-0.1, -0.05) is 15.9 Å². The fraction of sp³-hybridized carbons (Fsp3) is 0.158. The second kappa shape index (κ2) is 6.11. The molecule has 4 rings (SSSR count). The minimum atomic E-state index is -1.92. The molecule has 2 heterocycles. The molecule has 1 amide bonds. The van der Waals surface area contributed by atoms with E-state index >= 15 is 0 Å². The average Bonchev–Trinajstić information content (AvgIpc) is 3.09. The third-order valence-corrected chi connectivity index (χ3v) is 5.22. The van der Waals surface area contributed by atoms with Gasteiger partial charge < -0.3 is 20.9 Å². The monoisotopic (exact) mass is 428 g/mol. The van der Waals surface area contributed by atoms with Gasteiger partial charge in [0.15, 0.2) is 0 Å². The van der Waals surface area contributed by atoms with E-state index in [1.165, 1.54) is 4.68 Å². The van der Waals surface area contributed by atoms with Crippen molar-refractivity contribution < 1.29 is 14.6 Å². The number of halogens is 1. The number of rotatable bonds is 3.